The van der Waals surface area contributed by atoms with E-state index in [1.807, 2.05) is 0 Å². The largest absolute Gasteiger partial charge is 0.340 e. The predicted molar refractivity (Wildman–Crippen MR) is 93.2 cm³/mol. The number of benzene rings is 1. The molecule has 4 unspecified atom stereocenters. The zero-order valence-electron chi connectivity index (χ0n) is 15.0. The minimum atomic E-state index is -0.945. The first-order chi connectivity index (χ1) is 12.3. The number of rotatable bonds is 4. The van der Waals surface area contributed by atoms with Gasteiger partial charge in [0.05, 0.1) is 0 Å². The molecule has 1 heterocycles. The summed E-state index contributed by atoms with van der Waals surface area (Å²) in [4.78, 5) is 27.1. The molecule has 5 nitrogen and oxygen atoms in total. The number of nitrogens with one attached hydrogen (secondary N) is 1. The average molecular weight is 365 g/mol. The second kappa shape index (κ2) is 7.31. The van der Waals surface area contributed by atoms with Crippen LogP contribution in [0.3, 0.4) is 0 Å². The van der Waals surface area contributed by atoms with E-state index in [0.717, 1.165) is 25.0 Å². The highest BCUT2D eigenvalue weighted by Crippen LogP contribution is 2.37. The van der Waals surface area contributed by atoms with Gasteiger partial charge in [0.1, 0.15) is 23.2 Å². The van der Waals surface area contributed by atoms with Crippen LogP contribution in [0.5, 0.6) is 0 Å². The Labute approximate surface area is 151 Å². The minimum absolute atomic E-state index is 0.109. The third kappa shape index (κ3) is 3.45. The maximum Gasteiger partial charge on any atom is 0.257 e. The molecule has 3 N–H and O–H groups in total. The number of hydrogen-bond donors (Lipinski definition) is 2. The number of likely N-dealkylation sites (tertiary alicyclic amines) is 1. The zero-order valence-corrected chi connectivity index (χ0v) is 15.0. The summed E-state index contributed by atoms with van der Waals surface area (Å²) in [6.45, 7) is 4.80. The first-order valence-corrected chi connectivity index (χ1v) is 9.08. The molecule has 0 radical (unpaired) electrons. The Morgan fingerprint density at radius 2 is 1.85 bits per heavy atom. The molecule has 142 valence electrons. The number of carbonyl (C=O) groups is 2. The molecule has 1 aliphatic carbocycles. The molecule has 2 aliphatic rings. The standard InChI is InChI=1S/C19H25F2N3O2/c1-10(2)17(23-18(25)16-13(20)4-3-5-14(16)21)19(26)24-8-11-6-7-15(22)12(11)9-24/h3-5,10-12,15,17H,6-9,22H2,1-2H3,(H,23,25). The van der Waals surface area contributed by atoms with E-state index in [9.17, 15) is 18.4 Å². The number of halogens is 2. The van der Waals surface area contributed by atoms with Crippen molar-refractivity contribution in [3.05, 3.63) is 35.4 Å². The van der Waals surface area contributed by atoms with E-state index in [2.05, 4.69) is 5.32 Å². The Morgan fingerprint density at radius 1 is 1.19 bits per heavy atom. The van der Waals surface area contributed by atoms with Crippen molar-refractivity contribution in [2.24, 2.45) is 23.5 Å². The first-order valence-electron chi connectivity index (χ1n) is 9.08. The second-order valence-corrected chi connectivity index (χ2v) is 7.70. The number of amides is 2. The Balaban J connectivity index is 1.73. The van der Waals surface area contributed by atoms with Gasteiger partial charge in [-0.25, -0.2) is 8.78 Å². The molecular weight excluding hydrogens is 340 g/mol. The van der Waals surface area contributed by atoms with Crippen molar-refractivity contribution in [2.45, 2.75) is 38.8 Å². The number of fused-ring (bicyclic) bond motifs is 1. The summed E-state index contributed by atoms with van der Waals surface area (Å²) in [5.41, 5.74) is 5.46. The summed E-state index contributed by atoms with van der Waals surface area (Å²) >= 11 is 0. The van der Waals surface area contributed by atoms with Crippen LogP contribution in [0.25, 0.3) is 0 Å². The predicted octanol–water partition coefficient (Wildman–Crippen LogP) is 1.91. The molecule has 0 bridgehead atoms. The van der Waals surface area contributed by atoms with Crippen LogP contribution in [-0.4, -0.2) is 41.9 Å². The van der Waals surface area contributed by atoms with Crippen LogP contribution in [0, 0.1) is 29.4 Å². The Hall–Kier alpha value is -2.02. The molecule has 1 aliphatic heterocycles. The Kier molecular flexibility index (Phi) is 5.27. The van der Waals surface area contributed by atoms with Gasteiger partial charge in [-0.05, 0) is 42.7 Å². The summed E-state index contributed by atoms with van der Waals surface area (Å²) in [5, 5.41) is 2.53. The van der Waals surface area contributed by atoms with Crippen molar-refractivity contribution in [2.75, 3.05) is 13.1 Å². The lowest BCUT2D eigenvalue weighted by molar-refractivity contribution is -0.133. The lowest BCUT2D eigenvalue weighted by Crippen LogP contribution is -2.51. The highest BCUT2D eigenvalue weighted by atomic mass is 19.1. The summed E-state index contributed by atoms with van der Waals surface area (Å²) in [5.74, 6) is -2.53. The van der Waals surface area contributed by atoms with Crippen molar-refractivity contribution < 1.29 is 18.4 Å². The van der Waals surface area contributed by atoms with Crippen molar-refractivity contribution >= 4 is 11.8 Å². The van der Waals surface area contributed by atoms with Gasteiger partial charge in [-0.1, -0.05) is 19.9 Å². The van der Waals surface area contributed by atoms with E-state index >= 15 is 0 Å². The monoisotopic (exact) mass is 365 g/mol. The van der Waals surface area contributed by atoms with Gasteiger partial charge in [0.2, 0.25) is 5.91 Å². The lowest BCUT2D eigenvalue weighted by atomic mass is 9.98. The third-order valence-electron chi connectivity index (χ3n) is 5.63. The molecule has 1 aromatic carbocycles. The normalized spacial score (nSPS) is 26.1. The molecule has 0 spiro atoms. The molecule has 2 amide bonds. The van der Waals surface area contributed by atoms with E-state index in [1.165, 1.54) is 6.07 Å². The molecule has 1 saturated heterocycles. The van der Waals surface area contributed by atoms with Crippen LogP contribution >= 0.6 is 0 Å². The number of nitrogens with zero attached hydrogens (tertiary/aromatic N) is 1. The van der Waals surface area contributed by atoms with Gasteiger partial charge in [-0.15, -0.1) is 0 Å². The Morgan fingerprint density at radius 3 is 2.42 bits per heavy atom. The molecule has 7 heteroatoms. The van der Waals surface area contributed by atoms with Gasteiger partial charge in [-0.2, -0.15) is 0 Å². The SMILES string of the molecule is CC(C)C(NC(=O)c1c(F)cccc1F)C(=O)N1CC2CCC(N)C2C1. The summed E-state index contributed by atoms with van der Waals surface area (Å²) in [6, 6.07) is 2.51. The fourth-order valence-electron chi connectivity index (χ4n) is 4.13. The van der Waals surface area contributed by atoms with Gasteiger partial charge < -0.3 is 16.0 Å². The maximum atomic E-state index is 13.8. The topological polar surface area (TPSA) is 75.4 Å². The van der Waals surface area contributed by atoms with Crippen LogP contribution in [0.4, 0.5) is 8.78 Å². The fourth-order valence-corrected chi connectivity index (χ4v) is 4.13. The molecule has 26 heavy (non-hydrogen) atoms. The molecule has 2 fully saturated rings. The molecule has 3 rings (SSSR count). The van der Waals surface area contributed by atoms with E-state index in [-0.39, 0.29) is 17.9 Å². The summed E-state index contributed by atoms with van der Waals surface area (Å²) in [6.07, 6.45) is 1.99. The van der Waals surface area contributed by atoms with Crippen LogP contribution in [0.15, 0.2) is 18.2 Å². The summed E-state index contributed by atoms with van der Waals surface area (Å²) < 4.78 is 27.7. The van der Waals surface area contributed by atoms with Gasteiger partial charge in [-0.3, -0.25) is 9.59 Å². The van der Waals surface area contributed by atoms with E-state index < -0.39 is 29.1 Å². The number of hydrogen-bond acceptors (Lipinski definition) is 3. The highest BCUT2D eigenvalue weighted by molar-refractivity contribution is 5.98. The van der Waals surface area contributed by atoms with Gasteiger partial charge in [0.25, 0.3) is 5.91 Å². The van der Waals surface area contributed by atoms with Gasteiger partial charge in [0, 0.05) is 19.1 Å². The van der Waals surface area contributed by atoms with E-state index in [1.54, 1.807) is 18.7 Å². The first kappa shape index (κ1) is 18.8. The summed E-state index contributed by atoms with van der Waals surface area (Å²) in [7, 11) is 0. The van der Waals surface area contributed by atoms with Crippen LogP contribution in [0.1, 0.15) is 37.0 Å². The number of carbonyl (C=O) groups excluding carboxylic acids is 2. The molecule has 1 saturated carbocycles. The van der Waals surface area contributed by atoms with Crippen molar-refractivity contribution in [1.29, 1.82) is 0 Å². The minimum Gasteiger partial charge on any atom is -0.340 e. The van der Waals surface area contributed by atoms with Gasteiger partial charge in [0.15, 0.2) is 0 Å². The zero-order chi connectivity index (χ0) is 19.0. The molecule has 4 atom stereocenters. The average Bonchev–Trinajstić information content (AvgIpc) is 3.14. The lowest BCUT2D eigenvalue weighted by Gasteiger charge is -2.28. The van der Waals surface area contributed by atoms with Crippen LogP contribution in [0.2, 0.25) is 0 Å². The molecule has 0 aromatic heterocycles. The van der Waals surface area contributed by atoms with Gasteiger partial charge >= 0.3 is 0 Å². The van der Waals surface area contributed by atoms with Crippen LogP contribution in [-0.2, 0) is 4.79 Å². The van der Waals surface area contributed by atoms with Crippen molar-refractivity contribution in [1.82, 2.24) is 10.2 Å². The second-order valence-electron chi connectivity index (χ2n) is 7.70. The van der Waals surface area contributed by atoms with Crippen LogP contribution < -0.4 is 11.1 Å². The third-order valence-corrected chi connectivity index (χ3v) is 5.63. The number of nitrogens with two attached hydrogens (primary N) is 1. The molecular formula is C19H25F2N3O2. The van der Waals surface area contributed by atoms with E-state index in [4.69, 9.17) is 5.73 Å². The smallest absolute Gasteiger partial charge is 0.257 e. The Bertz CT molecular complexity index is 690. The van der Waals surface area contributed by atoms with Crippen molar-refractivity contribution in [3.63, 3.8) is 0 Å². The molecule has 1 aromatic rings. The maximum absolute atomic E-state index is 13.8. The fraction of sp³-hybridized carbons (Fsp3) is 0.579. The van der Waals surface area contributed by atoms with E-state index in [0.29, 0.717) is 24.9 Å². The quantitative estimate of drug-likeness (QED) is 0.856. The van der Waals surface area contributed by atoms with Crippen molar-refractivity contribution in [3.8, 4) is 0 Å². The highest BCUT2D eigenvalue weighted by Gasteiger charge is 2.44.